The number of hydrogen-bond acceptors (Lipinski definition) is 6. The van der Waals surface area contributed by atoms with Gasteiger partial charge in [-0.3, -0.25) is 9.78 Å². The molecule has 0 aliphatic heterocycles. The van der Waals surface area contributed by atoms with Gasteiger partial charge in [-0.1, -0.05) is 24.3 Å². The Balaban J connectivity index is 1.28. The fourth-order valence-electron chi connectivity index (χ4n) is 5.15. The summed E-state index contributed by atoms with van der Waals surface area (Å²) < 4.78 is 2.51. The Bertz CT molecular complexity index is 1540. The lowest BCUT2D eigenvalue weighted by Crippen LogP contribution is -2.18. The first-order valence-corrected chi connectivity index (χ1v) is 13.5. The molecular formula is C27H24BrN5OS. The average Bonchev–Trinajstić information content (AvgIpc) is 3.57. The highest BCUT2D eigenvalue weighted by atomic mass is 79.9. The normalized spacial score (nSPS) is 18.3. The van der Waals surface area contributed by atoms with E-state index in [2.05, 4.69) is 38.1 Å². The molecule has 0 unspecified atom stereocenters. The Hall–Kier alpha value is -3.10. The van der Waals surface area contributed by atoms with Crippen LogP contribution in [0.3, 0.4) is 0 Å². The van der Waals surface area contributed by atoms with Crippen LogP contribution in [0.2, 0.25) is 0 Å². The second-order valence-corrected chi connectivity index (χ2v) is 11.0. The minimum atomic E-state index is 0.265. The summed E-state index contributed by atoms with van der Waals surface area (Å²) in [6.07, 6.45) is 8.33. The van der Waals surface area contributed by atoms with Crippen LogP contribution >= 0.6 is 27.3 Å². The fraction of sp³-hybridized carbons (Fsp3) is 0.259. The molecule has 8 heteroatoms. The van der Waals surface area contributed by atoms with Gasteiger partial charge < -0.3 is 5.73 Å². The van der Waals surface area contributed by atoms with E-state index in [9.17, 15) is 4.79 Å². The molecule has 35 heavy (non-hydrogen) atoms. The Morgan fingerprint density at radius 2 is 1.94 bits per heavy atom. The van der Waals surface area contributed by atoms with E-state index in [4.69, 9.17) is 10.7 Å². The number of nitrogens with zero attached hydrogens (tertiary/aromatic N) is 4. The van der Waals surface area contributed by atoms with Gasteiger partial charge in [-0.25, -0.2) is 4.98 Å². The maximum absolute atomic E-state index is 12.6. The van der Waals surface area contributed by atoms with Crippen molar-refractivity contribution in [3.05, 3.63) is 75.3 Å². The second kappa shape index (κ2) is 9.17. The molecule has 0 atom stereocenters. The maximum Gasteiger partial charge on any atom is 0.173 e. The van der Waals surface area contributed by atoms with Gasteiger partial charge in [-0.05, 0) is 71.1 Å². The van der Waals surface area contributed by atoms with Gasteiger partial charge in [-0.15, -0.1) is 11.3 Å². The monoisotopic (exact) mass is 545 g/mol. The lowest BCUT2D eigenvalue weighted by molar-refractivity contribution is 0.0951. The number of anilines is 1. The van der Waals surface area contributed by atoms with E-state index >= 15 is 0 Å². The van der Waals surface area contributed by atoms with Crippen molar-refractivity contribution >= 4 is 55.4 Å². The number of rotatable bonds is 5. The van der Waals surface area contributed by atoms with Crippen LogP contribution in [0.4, 0.5) is 5.82 Å². The van der Waals surface area contributed by atoms with Crippen molar-refractivity contribution in [1.29, 1.82) is 0 Å². The zero-order chi connectivity index (χ0) is 23.9. The van der Waals surface area contributed by atoms with Crippen LogP contribution in [-0.4, -0.2) is 25.4 Å². The fourth-order valence-corrected chi connectivity index (χ4v) is 6.40. The second-order valence-electron chi connectivity index (χ2n) is 9.23. The Morgan fingerprint density at radius 1 is 1.11 bits per heavy atom. The molecule has 0 spiro atoms. The summed E-state index contributed by atoms with van der Waals surface area (Å²) in [5.41, 5.74) is 11.1. The number of aromatic nitrogens is 4. The number of nitrogens with two attached hydrogens (primary N) is 1. The number of thiophene rings is 1. The van der Waals surface area contributed by atoms with Crippen LogP contribution in [0.1, 0.15) is 53.4 Å². The largest absolute Gasteiger partial charge is 0.383 e. The smallest absolute Gasteiger partial charge is 0.173 e. The number of Topliss-reactive ketones (excluding diaryl/α,β-unsaturated/α-hetero) is 1. The van der Waals surface area contributed by atoms with Crippen LogP contribution in [0, 0.1) is 5.92 Å². The van der Waals surface area contributed by atoms with Crippen LogP contribution in [0.5, 0.6) is 0 Å². The zero-order valence-corrected chi connectivity index (χ0v) is 21.4. The topological polar surface area (TPSA) is 86.2 Å². The number of carbonyl (C=O) groups is 1. The predicted octanol–water partition coefficient (Wildman–Crippen LogP) is 6.90. The van der Waals surface area contributed by atoms with E-state index in [1.54, 1.807) is 4.52 Å². The van der Waals surface area contributed by atoms with Crippen LogP contribution in [-0.2, 0) is 0 Å². The number of fused-ring (bicyclic) bond motifs is 2. The molecule has 5 aromatic rings. The van der Waals surface area contributed by atoms with E-state index in [1.165, 1.54) is 11.3 Å². The highest BCUT2D eigenvalue weighted by Crippen LogP contribution is 2.41. The third-order valence-corrected chi connectivity index (χ3v) is 8.78. The first kappa shape index (κ1) is 22.4. The van der Waals surface area contributed by atoms with Crippen molar-refractivity contribution in [3.8, 4) is 11.1 Å². The Kier molecular flexibility index (Phi) is 5.86. The molecule has 1 saturated carbocycles. The van der Waals surface area contributed by atoms with Crippen molar-refractivity contribution in [2.45, 2.75) is 38.0 Å². The maximum atomic E-state index is 12.6. The number of carbonyl (C=O) groups excluding carboxylic acids is 1. The standard InChI is InChI=1S/C27H24BrN5OS/c28-24-25(17-9-7-16(8-10-17)12-22(34)23-6-3-11-35-23)32-27-20(15-31-33(27)26(24)29)19-13-18-4-1-2-5-21(18)30-14-19/h1-6,11,13-17H,7-10,12,29H2. The van der Waals surface area contributed by atoms with E-state index in [0.29, 0.717) is 24.1 Å². The van der Waals surface area contributed by atoms with E-state index in [-0.39, 0.29) is 5.78 Å². The highest BCUT2D eigenvalue weighted by molar-refractivity contribution is 9.10. The lowest BCUT2D eigenvalue weighted by Gasteiger charge is -2.28. The Labute approximate surface area is 215 Å². The Morgan fingerprint density at radius 3 is 2.74 bits per heavy atom. The van der Waals surface area contributed by atoms with Gasteiger partial charge in [0.2, 0.25) is 0 Å². The summed E-state index contributed by atoms with van der Waals surface area (Å²) in [6.45, 7) is 0. The third kappa shape index (κ3) is 4.15. The van der Waals surface area contributed by atoms with Crippen LogP contribution in [0.15, 0.2) is 64.7 Å². The number of para-hydroxylation sites is 1. The van der Waals surface area contributed by atoms with E-state index in [1.807, 2.05) is 48.1 Å². The number of benzene rings is 1. The summed E-state index contributed by atoms with van der Waals surface area (Å²) in [7, 11) is 0. The van der Waals surface area contributed by atoms with Gasteiger partial charge in [0.25, 0.3) is 0 Å². The van der Waals surface area contributed by atoms with Crippen molar-refractivity contribution < 1.29 is 4.79 Å². The summed E-state index contributed by atoms with van der Waals surface area (Å²) >= 11 is 5.23. The highest BCUT2D eigenvalue weighted by Gasteiger charge is 2.28. The van der Waals surface area contributed by atoms with E-state index in [0.717, 1.165) is 68.4 Å². The molecule has 1 aliphatic carbocycles. The lowest BCUT2D eigenvalue weighted by atomic mass is 9.78. The molecule has 1 fully saturated rings. The molecule has 4 heterocycles. The summed E-state index contributed by atoms with van der Waals surface area (Å²) in [4.78, 5) is 23.1. The SMILES string of the molecule is Nc1c(Br)c(C2CCC(CC(=O)c3cccs3)CC2)nc2c(-c3cnc4ccccc4c3)cnn12. The average molecular weight is 546 g/mol. The van der Waals surface area contributed by atoms with Gasteiger partial charge in [-0.2, -0.15) is 9.61 Å². The third-order valence-electron chi connectivity index (χ3n) is 7.05. The molecule has 6 nitrogen and oxygen atoms in total. The number of halogens is 1. The van der Waals surface area contributed by atoms with Crippen LogP contribution in [0.25, 0.3) is 27.7 Å². The quantitative estimate of drug-likeness (QED) is 0.243. The molecular weight excluding hydrogens is 522 g/mol. The van der Waals surface area contributed by atoms with Crippen LogP contribution < -0.4 is 5.73 Å². The molecule has 6 rings (SSSR count). The van der Waals surface area contributed by atoms with Crippen molar-refractivity contribution in [2.24, 2.45) is 5.92 Å². The molecule has 2 N–H and O–H groups in total. The molecule has 1 aromatic carbocycles. The molecule has 1 aliphatic rings. The van der Waals surface area contributed by atoms with Crippen molar-refractivity contribution in [1.82, 2.24) is 19.6 Å². The van der Waals surface area contributed by atoms with Crippen molar-refractivity contribution in [3.63, 3.8) is 0 Å². The summed E-state index contributed by atoms with van der Waals surface area (Å²) in [5.74, 6) is 1.54. The minimum Gasteiger partial charge on any atom is -0.383 e. The van der Waals surface area contributed by atoms with Gasteiger partial charge in [0.05, 0.1) is 26.8 Å². The number of hydrogen-bond donors (Lipinski definition) is 1. The molecule has 0 bridgehead atoms. The minimum absolute atomic E-state index is 0.265. The number of pyridine rings is 1. The van der Waals surface area contributed by atoms with Crippen molar-refractivity contribution in [2.75, 3.05) is 5.73 Å². The zero-order valence-electron chi connectivity index (χ0n) is 19.0. The summed E-state index contributed by atoms with van der Waals surface area (Å²) in [6, 6.07) is 14.1. The first-order chi connectivity index (χ1) is 17.1. The van der Waals surface area contributed by atoms with Gasteiger partial charge >= 0.3 is 0 Å². The molecule has 4 aromatic heterocycles. The predicted molar refractivity (Wildman–Crippen MR) is 144 cm³/mol. The molecule has 0 amide bonds. The number of nitrogen functional groups attached to an aromatic ring is 1. The van der Waals surface area contributed by atoms with E-state index < -0.39 is 0 Å². The van der Waals surface area contributed by atoms with Gasteiger partial charge in [0.15, 0.2) is 11.4 Å². The van der Waals surface area contributed by atoms with Gasteiger partial charge in [0.1, 0.15) is 5.82 Å². The molecule has 176 valence electrons. The molecule has 0 saturated heterocycles. The summed E-state index contributed by atoms with van der Waals surface area (Å²) in [5, 5.41) is 7.56. The van der Waals surface area contributed by atoms with Gasteiger partial charge in [0, 0.05) is 35.0 Å². The number of ketones is 1. The molecule has 0 radical (unpaired) electrons. The first-order valence-electron chi connectivity index (χ1n) is 11.8.